The lowest BCUT2D eigenvalue weighted by atomic mass is 10.1. The Morgan fingerprint density at radius 2 is 0.844 bits per heavy atom. The fourth-order valence-corrected chi connectivity index (χ4v) is 5.01. The maximum absolute atomic E-state index is 12.5. The largest absolute Gasteiger partial charge is 0.224 e. The van der Waals surface area contributed by atoms with Crippen LogP contribution in [0.25, 0.3) is 24.3 Å². The van der Waals surface area contributed by atoms with Crippen molar-refractivity contribution in [3.05, 3.63) is 94.0 Å². The summed E-state index contributed by atoms with van der Waals surface area (Å²) in [6.45, 7) is 3.97. The molecule has 0 spiro atoms. The van der Waals surface area contributed by atoms with Crippen LogP contribution in [-0.4, -0.2) is 29.3 Å². The molecular weight excluding hydrogens is 440 g/mol. The Balaban J connectivity index is 2.15. The van der Waals surface area contributed by atoms with Crippen molar-refractivity contribution in [1.82, 2.24) is 0 Å². The van der Waals surface area contributed by atoms with Crippen LogP contribution in [0.4, 0.5) is 0 Å². The van der Waals surface area contributed by atoms with E-state index in [-0.39, 0.29) is 9.79 Å². The Kier molecular flexibility index (Phi) is 6.86. The van der Waals surface area contributed by atoms with Gasteiger partial charge in [0.05, 0.1) is 9.79 Å². The molecule has 166 valence electrons. The van der Waals surface area contributed by atoms with E-state index in [4.69, 9.17) is 0 Å². The van der Waals surface area contributed by atoms with Gasteiger partial charge in [0.15, 0.2) is 19.7 Å². The van der Waals surface area contributed by atoms with Crippen LogP contribution >= 0.6 is 0 Å². The van der Waals surface area contributed by atoms with Gasteiger partial charge in [0.1, 0.15) is 0 Å². The van der Waals surface area contributed by atoms with Gasteiger partial charge in [0.2, 0.25) is 0 Å². The standard InChI is InChI=1S/C26H26O4S2/c1-19-5-9-21(10-6-19)13-15-23-17-26(32(4,29)30)24(18-25(23)31(3,27)28)16-14-22-11-7-20(2)8-12-22/h5-18H,1-4H3. The van der Waals surface area contributed by atoms with Gasteiger partial charge in [0, 0.05) is 12.5 Å². The molecule has 4 nitrogen and oxygen atoms in total. The van der Waals surface area contributed by atoms with Crippen LogP contribution in [0.5, 0.6) is 0 Å². The van der Waals surface area contributed by atoms with Crippen molar-refractivity contribution >= 4 is 44.0 Å². The van der Waals surface area contributed by atoms with Gasteiger partial charge in [-0.05, 0) is 48.2 Å². The van der Waals surface area contributed by atoms with Gasteiger partial charge in [-0.1, -0.05) is 84.0 Å². The fourth-order valence-electron chi connectivity index (χ4n) is 3.22. The molecule has 0 bridgehead atoms. The summed E-state index contributed by atoms with van der Waals surface area (Å²) >= 11 is 0. The summed E-state index contributed by atoms with van der Waals surface area (Å²) in [7, 11) is -7.20. The van der Waals surface area contributed by atoms with Crippen LogP contribution in [0.2, 0.25) is 0 Å². The lowest BCUT2D eigenvalue weighted by molar-refractivity contribution is 0.597. The molecule has 0 aromatic heterocycles. The third kappa shape index (κ3) is 6.05. The third-order valence-electron chi connectivity index (χ3n) is 5.01. The van der Waals surface area contributed by atoms with E-state index in [0.717, 1.165) is 34.8 Å². The van der Waals surface area contributed by atoms with E-state index < -0.39 is 19.7 Å². The van der Waals surface area contributed by atoms with E-state index in [9.17, 15) is 16.8 Å². The lowest BCUT2D eigenvalue weighted by Crippen LogP contribution is -2.06. The van der Waals surface area contributed by atoms with Gasteiger partial charge in [0.25, 0.3) is 0 Å². The average Bonchev–Trinajstić information content (AvgIpc) is 2.71. The predicted octanol–water partition coefficient (Wildman–Crippen LogP) is 5.45. The molecule has 0 fully saturated rings. The number of rotatable bonds is 6. The van der Waals surface area contributed by atoms with Gasteiger partial charge in [-0.15, -0.1) is 0 Å². The van der Waals surface area contributed by atoms with Gasteiger partial charge in [-0.25, -0.2) is 16.8 Å². The summed E-state index contributed by atoms with van der Waals surface area (Å²) in [6.07, 6.45) is 9.08. The molecule has 3 aromatic carbocycles. The first-order valence-corrected chi connectivity index (χ1v) is 13.8. The smallest absolute Gasteiger partial charge is 0.176 e. The lowest BCUT2D eigenvalue weighted by Gasteiger charge is -2.11. The topological polar surface area (TPSA) is 68.3 Å². The summed E-state index contributed by atoms with van der Waals surface area (Å²) in [5.41, 5.74) is 4.67. The van der Waals surface area contributed by atoms with Crippen molar-refractivity contribution in [3.8, 4) is 0 Å². The Morgan fingerprint density at radius 1 is 0.531 bits per heavy atom. The number of hydrogen-bond acceptors (Lipinski definition) is 4. The number of sulfone groups is 2. The van der Waals surface area contributed by atoms with Crippen LogP contribution in [0.1, 0.15) is 33.4 Å². The highest BCUT2D eigenvalue weighted by atomic mass is 32.2. The molecule has 3 rings (SSSR count). The molecular formula is C26H26O4S2. The van der Waals surface area contributed by atoms with E-state index in [1.165, 1.54) is 12.1 Å². The highest BCUT2D eigenvalue weighted by Crippen LogP contribution is 2.28. The molecule has 6 heteroatoms. The van der Waals surface area contributed by atoms with Crippen molar-refractivity contribution in [3.63, 3.8) is 0 Å². The third-order valence-corrected chi connectivity index (χ3v) is 7.31. The maximum Gasteiger partial charge on any atom is 0.176 e. The first kappa shape index (κ1) is 23.7. The van der Waals surface area contributed by atoms with Crippen LogP contribution in [0.15, 0.2) is 70.5 Å². The summed E-state index contributed by atoms with van der Waals surface area (Å²) < 4.78 is 50.1. The Morgan fingerprint density at radius 3 is 1.12 bits per heavy atom. The Hall–Kier alpha value is -2.96. The highest BCUT2D eigenvalue weighted by molar-refractivity contribution is 7.91. The molecule has 0 aliphatic heterocycles. The summed E-state index contributed by atoms with van der Waals surface area (Å²) in [6, 6.07) is 18.4. The molecule has 0 aliphatic rings. The first-order valence-electron chi connectivity index (χ1n) is 10.0. The molecule has 0 saturated carbocycles. The average molecular weight is 467 g/mol. The Bertz CT molecular complexity index is 1280. The monoisotopic (exact) mass is 466 g/mol. The second kappa shape index (κ2) is 9.27. The summed E-state index contributed by atoms with van der Waals surface area (Å²) in [5.74, 6) is 0. The van der Waals surface area contributed by atoms with Crippen LogP contribution in [-0.2, 0) is 19.7 Å². The molecule has 0 radical (unpaired) electrons. The summed E-state index contributed by atoms with van der Waals surface area (Å²) in [5, 5.41) is 0. The SMILES string of the molecule is Cc1ccc(C=Cc2cc(S(C)(=O)=O)c(C=Cc3ccc(C)cc3)cc2S(C)(=O)=O)cc1. The van der Waals surface area contributed by atoms with E-state index in [1.54, 1.807) is 24.3 Å². The van der Waals surface area contributed by atoms with E-state index >= 15 is 0 Å². The minimum Gasteiger partial charge on any atom is -0.224 e. The number of hydrogen-bond donors (Lipinski definition) is 0. The normalized spacial score (nSPS) is 12.6. The second-order valence-electron chi connectivity index (χ2n) is 7.96. The second-order valence-corrected chi connectivity index (χ2v) is 11.9. The zero-order chi connectivity index (χ0) is 23.5. The minimum absolute atomic E-state index is 0.0804. The molecule has 0 saturated heterocycles. The maximum atomic E-state index is 12.5. The number of benzene rings is 3. The predicted molar refractivity (Wildman–Crippen MR) is 133 cm³/mol. The van der Waals surface area contributed by atoms with E-state index in [2.05, 4.69) is 0 Å². The van der Waals surface area contributed by atoms with Crippen molar-refractivity contribution < 1.29 is 16.8 Å². The molecule has 0 N–H and O–H groups in total. The van der Waals surface area contributed by atoms with Gasteiger partial charge in [-0.2, -0.15) is 0 Å². The van der Waals surface area contributed by atoms with E-state index in [1.807, 2.05) is 62.4 Å². The molecule has 0 atom stereocenters. The molecule has 0 heterocycles. The quantitative estimate of drug-likeness (QED) is 0.453. The molecule has 3 aromatic rings. The van der Waals surface area contributed by atoms with Crippen molar-refractivity contribution in [2.75, 3.05) is 12.5 Å². The van der Waals surface area contributed by atoms with Gasteiger partial charge >= 0.3 is 0 Å². The fraction of sp³-hybridized carbons (Fsp3) is 0.154. The molecule has 0 aliphatic carbocycles. The molecule has 0 unspecified atom stereocenters. The van der Waals surface area contributed by atoms with Crippen molar-refractivity contribution in [1.29, 1.82) is 0 Å². The first-order chi connectivity index (χ1) is 14.9. The van der Waals surface area contributed by atoms with Gasteiger partial charge in [-0.3, -0.25) is 0 Å². The zero-order valence-electron chi connectivity index (χ0n) is 18.5. The van der Waals surface area contributed by atoms with Crippen molar-refractivity contribution in [2.45, 2.75) is 23.6 Å². The van der Waals surface area contributed by atoms with E-state index in [0.29, 0.717) is 11.1 Å². The highest BCUT2D eigenvalue weighted by Gasteiger charge is 2.19. The van der Waals surface area contributed by atoms with Gasteiger partial charge < -0.3 is 0 Å². The Labute approximate surface area is 190 Å². The molecule has 0 amide bonds. The van der Waals surface area contributed by atoms with Crippen molar-refractivity contribution in [2.24, 2.45) is 0 Å². The van der Waals surface area contributed by atoms with Crippen LogP contribution < -0.4 is 0 Å². The minimum atomic E-state index is -3.60. The van der Waals surface area contributed by atoms with Crippen LogP contribution in [0, 0.1) is 13.8 Å². The van der Waals surface area contributed by atoms with Crippen LogP contribution in [0.3, 0.4) is 0 Å². The summed E-state index contributed by atoms with van der Waals surface area (Å²) in [4.78, 5) is 0.161. The molecule has 32 heavy (non-hydrogen) atoms. The number of aryl methyl sites for hydroxylation is 2. The zero-order valence-corrected chi connectivity index (χ0v) is 20.2.